The van der Waals surface area contributed by atoms with E-state index in [1.165, 1.54) is 6.42 Å². The number of hydrogen-bond donors (Lipinski definition) is 0. The van der Waals surface area contributed by atoms with Gasteiger partial charge in [-0.05, 0) is 58.2 Å². The molecule has 2 heterocycles. The highest BCUT2D eigenvalue weighted by atomic mass is 16.2. The second kappa shape index (κ2) is 6.14. The van der Waals surface area contributed by atoms with Crippen LogP contribution in [-0.4, -0.2) is 32.9 Å². The van der Waals surface area contributed by atoms with Crippen LogP contribution in [0.1, 0.15) is 49.2 Å². The lowest BCUT2D eigenvalue weighted by atomic mass is 10.0. The molecular formula is C18H23N3O2. The van der Waals surface area contributed by atoms with E-state index in [-0.39, 0.29) is 17.5 Å². The third-order valence-corrected chi connectivity index (χ3v) is 4.74. The highest BCUT2D eigenvalue weighted by molar-refractivity contribution is 5.97. The van der Waals surface area contributed by atoms with Crippen molar-refractivity contribution < 1.29 is 4.79 Å². The van der Waals surface area contributed by atoms with E-state index in [9.17, 15) is 9.59 Å². The summed E-state index contributed by atoms with van der Waals surface area (Å²) >= 11 is 0. The average Bonchev–Trinajstić information content (AvgIpc) is 2.55. The maximum atomic E-state index is 12.8. The van der Waals surface area contributed by atoms with Crippen LogP contribution >= 0.6 is 0 Å². The summed E-state index contributed by atoms with van der Waals surface area (Å²) in [5.74, 6) is 0.0628. The lowest BCUT2D eigenvalue weighted by molar-refractivity contribution is 0.0636. The molecule has 0 spiro atoms. The third-order valence-electron chi connectivity index (χ3n) is 4.74. The molecule has 1 saturated heterocycles. The Kier molecular flexibility index (Phi) is 4.20. The Bertz CT molecular complexity index is 810. The minimum absolute atomic E-state index is 0.0628. The first-order valence-electron chi connectivity index (χ1n) is 8.35. The number of fused-ring (bicyclic) bond motifs is 1. The number of likely N-dealkylation sites (tertiary alicyclic amines) is 1. The molecule has 1 unspecified atom stereocenters. The molecule has 1 aliphatic rings. The van der Waals surface area contributed by atoms with E-state index in [2.05, 4.69) is 11.9 Å². The van der Waals surface area contributed by atoms with E-state index in [4.69, 9.17) is 0 Å². The van der Waals surface area contributed by atoms with Gasteiger partial charge in [-0.15, -0.1) is 0 Å². The molecule has 0 N–H and O–H groups in total. The Morgan fingerprint density at radius 2 is 2.13 bits per heavy atom. The van der Waals surface area contributed by atoms with Gasteiger partial charge in [0, 0.05) is 24.7 Å². The average molecular weight is 313 g/mol. The Hall–Kier alpha value is -2.17. The molecule has 0 aliphatic carbocycles. The van der Waals surface area contributed by atoms with Gasteiger partial charge in [0.25, 0.3) is 11.5 Å². The summed E-state index contributed by atoms with van der Waals surface area (Å²) in [5.41, 5.74) is 2.55. The number of amides is 1. The molecule has 2 aromatic rings. The van der Waals surface area contributed by atoms with Crippen LogP contribution in [0.3, 0.4) is 0 Å². The fourth-order valence-electron chi connectivity index (χ4n) is 3.39. The summed E-state index contributed by atoms with van der Waals surface area (Å²) in [6, 6.07) is 5.76. The van der Waals surface area contributed by atoms with Gasteiger partial charge in [-0.2, -0.15) is 0 Å². The molecule has 0 bridgehead atoms. The summed E-state index contributed by atoms with van der Waals surface area (Å²) < 4.78 is 1.70. The summed E-state index contributed by atoms with van der Waals surface area (Å²) in [6.45, 7) is 7.17. The molecular weight excluding hydrogens is 290 g/mol. The first kappa shape index (κ1) is 15.7. The van der Waals surface area contributed by atoms with E-state index in [1.54, 1.807) is 11.5 Å². The van der Waals surface area contributed by atoms with Crippen molar-refractivity contribution in [1.29, 1.82) is 0 Å². The number of carbonyl (C=O) groups excluding carboxylic acids is 1. The number of hydrogen-bond acceptors (Lipinski definition) is 3. The summed E-state index contributed by atoms with van der Waals surface area (Å²) in [5, 5.41) is 0. The Balaban J connectivity index is 2.05. The SMILES string of the molecule is CCn1c(=O)c(C)nc2cc(C(=O)N3CCCCC3C)ccc21. The molecule has 5 nitrogen and oxygen atoms in total. The van der Waals surface area contributed by atoms with Crippen LogP contribution in [0.25, 0.3) is 11.0 Å². The fraction of sp³-hybridized carbons (Fsp3) is 0.500. The van der Waals surface area contributed by atoms with Crippen LogP contribution in [0.5, 0.6) is 0 Å². The zero-order valence-electron chi connectivity index (χ0n) is 14.0. The molecule has 1 aromatic heterocycles. The Labute approximate surface area is 135 Å². The number of rotatable bonds is 2. The maximum absolute atomic E-state index is 12.8. The van der Waals surface area contributed by atoms with Gasteiger partial charge in [0.1, 0.15) is 5.69 Å². The zero-order chi connectivity index (χ0) is 16.6. The number of aromatic nitrogens is 2. The quantitative estimate of drug-likeness (QED) is 0.856. The van der Waals surface area contributed by atoms with Crippen LogP contribution in [0.4, 0.5) is 0 Å². The van der Waals surface area contributed by atoms with Crippen LogP contribution < -0.4 is 5.56 Å². The number of nitrogens with zero attached hydrogens (tertiary/aromatic N) is 3. The summed E-state index contributed by atoms with van der Waals surface area (Å²) in [7, 11) is 0. The minimum Gasteiger partial charge on any atom is -0.336 e. The van der Waals surface area contributed by atoms with E-state index in [1.807, 2.05) is 30.0 Å². The van der Waals surface area contributed by atoms with Crippen LogP contribution in [0.2, 0.25) is 0 Å². The van der Waals surface area contributed by atoms with Crippen molar-refractivity contribution in [1.82, 2.24) is 14.5 Å². The molecule has 0 saturated carbocycles. The minimum atomic E-state index is -0.0660. The van der Waals surface area contributed by atoms with E-state index < -0.39 is 0 Å². The molecule has 1 fully saturated rings. The molecule has 23 heavy (non-hydrogen) atoms. The highest BCUT2D eigenvalue weighted by Crippen LogP contribution is 2.21. The van der Waals surface area contributed by atoms with Crippen molar-refractivity contribution in [2.24, 2.45) is 0 Å². The number of carbonyl (C=O) groups is 1. The molecule has 122 valence electrons. The van der Waals surface area contributed by atoms with Gasteiger partial charge in [-0.3, -0.25) is 9.59 Å². The van der Waals surface area contributed by atoms with E-state index in [0.29, 0.717) is 23.3 Å². The number of aryl methyl sites for hydroxylation is 2. The lowest BCUT2D eigenvalue weighted by Gasteiger charge is -2.33. The molecule has 1 amide bonds. The fourth-order valence-corrected chi connectivity index (χ4v) is 3.39. The Morgan fingerprint density at radius 3 is 2.83 bits per heavy atom. The van der Waals surface area contributed by atoms with Crippen LogP contribution in [0, 0.1) is 6.92 Å². The largest absolute Gasteiger partial charge is 0.336 e. The third kappa shape index (κ3) is 2.76. The molecule has 1 aromatic carbocycles. The normalized spacial score (nSPS) is 18.4. The molecule has 3 rings (SSSR count). The van der Waals surface area contributed by atoms with Crippen LogP contribution in [0.15, 0.2) is 23.0 Å². The van der Waals surface area contributed by atoms with Crippen molar-refractivity contribution in [3.05, 3.63) is 39.8 Å². The van der Waals surface area contributed by atoms with Gasteiger partial charge in [0.2, 0.25) is 0 Å². The van der Waals surface area contributed by atoms with Crippen molar-refractivity contribution in [3.8, 4) is 0 Å². The van der Waals surface area contributed by atoms with E-state index >= 15 is 0 Å². The van der Waals surface area contributed by atoms with Crippen LogP contribution in [-0.2, 0) is 6.54 Å². The van der Waals surface area contributed by atoms with Crippen molar-refractivity contribution in [3.63, 3.8) is 0 Å². The topological polar surface area (TPSA) is 55.2 Å². The number of benzene rings is 1. The first-order valence-corrected chi connectivity index (χ1v) is 8.35. The van der Waals surface area contributed by atoms with Crippen molar-refractivity contribution in [2.75, 3.05) is 6.54 Å². The predicted molar refractivity (Wildman–Crippen MR) is 90.8 cm³/mol. The van der Waals surface area contributed by atoms with Gasteiger partial charge in [0.05, 0.1) is 11.0 Å². The van der Waals surface area contributed by atoms with Gasteiger partial charge < -0.3 is 9.47 Å². The predicted octanol–water partition coefficient (Wildman–Crippen LogP) is 2.74. The molecule has 0 radical (unpaired) electrons. The lowest BCUT2D eigenvalue weighted by Crippen LogP contribution is -2.42. The van der Waals surface area contributed by atoms with Gasteiger partial charge in [-0.25, -0.2) is 4.98 Å². The first-order chi connectivity index (χ1) is 11.0. The molecule has 5 heteroatoms. The monoisotopic (exact) mass is 313 g/mol. The second-order valence-electron chi connectivity index (χ2n) is 6.29. The van der Waals surface area contributed by atoms with Gasteiger partial charge >= 0.3 is 0 Å². The smallest absolute Gasteiger partial charge is 0.272 e. The summed E-state index contributed by atoms with van der Waals surface area (Å²) in [6.07, 6.45) is 3.31. The van der Waals surface area contributed by atoms with Crippen molar-refractivity contribution in [2.45, 2.75) is 52.6 Å². The highest BCUT2D eigenvalue weighted by Gasteiger charge is 2.24. The Morgan fingerprint density at radius 1 is 1.35 bits per heavy atom. The van der Waals surface area contributed by atoms with Gasteiger partial charge in [0.15, 0.2) is 0 Å². The summed E-state index contributed by atoms with van der Waals surface area (Å²) in [4.78, 5) is 31.3. The second-order valence-corrected chi connectivity index (χ2v) is 6.29. The van der Waals surface area contributed by atoms with Crippen molar-refractivity contribution >= 4 is 16.9 Å². The molecule has 1 aliphatic heterocycles. The maximum Gasteiger partial charge on any atom is 0.272 e. The van der Waals surface area contributed by atoms with E-state index in [0.717, 1.165) is 24.9 Å². The van der Waals surface area contributed by atoms with Gasteiger partial charge in [-0.1, -0.05) is 0 Å². The standard InChI is InChI=1S/C18H23N3O2/c1-4-20-16-9-8-14(11-15(16)19-13(3)17(20)22)18(23)21-10-6-5-7-12(21)2/h8-9,11-12H,4-7,10H2,1-3H3. The zero-order valence-corrected chi connectivity index (χ0v) is 14.0. The number of piperidine rings is 1. The molecule has 1 atom stereocenters.